The van der Waals surface area contributed by atoms with Crippen molar-refractivity contribution < 1.29 is 23.7 Å². The number of methoxy groups -OCH3 is 1. The van der Waals surface area contributed by atoms with Crippen LogP contribution in [0.5, 0.6) is 23.0 Å². The number of hydrogen-bond donors (Lipinski definition) is 1. The molecule has 28 heavy (non-hydrogen) atoms. The molecule has 2 aromatic rings. The Kier molecular flexibility index (Phi) is 4.86. The van der Waals surface area contributed by atoms with Crippen molar-refractivity contribution in [3.8, 4) is 23.0 Å². The Morgan fingerprint density at radius 1 is 1.14 bits per heavy atom. The van der Waals surface area contributed by atoms with Crippen molar-refractivity contribution in [3.63, 3.8) is 0 Å². The normalized spacial score (nSPS) is 16.0. The van der Waals surface area contributed by atoms with Gasteiger partial charge in [-0.15, -0.1) is 0 Å². The van der Waals surface area contributed by atoms with Crippen molar-refractivity contribution in [2.24, 2.45) is 0 Å². The molecule has 0 atom stereocenters. The topological polar surface area (TPSA) is 66.0 Å². The molecule has 1 aliphatic heterocycles. The first kappa shape index (κ1) is 18.2. The Balaban J connectivity index is 1.48. The van der Waals surface area contributed by atoms with Gasteiger partial charge in [0.25, 0.3) is 11.7 Å². The Bertz CT molecular complexity index is 902. The van der Waals surface area contributed by atoms with Crippen LogP contribution in [0.15, 0.2) is 49.1 Å². The van der Waals surface area contributed by atoms with Gasteiger partial charge in [-0.05, 0) is 43.2 Å². The fourth-order valence-electron chi connectivity index (χ4n) is 3.57. The van der Waals surface area contributed by atoms with Crippen LogP contribution in [0.25, 0.3) is 0 Å². The van der Waals surface area contributed by atoms with Crippen LogP contribution in [0, 0.1) is 0 Å². The average molecular weight is 381 g/mol. The van der Waals surface area contributed by atoms with Crippen molar-refractivity contribution in [1.82, 2.24) is 0 Å². The first-order chi connectivity index (χ1) is 13.6. The molecule has 4 rings (SSSR count). The molecular formula is C22H23NO5. The quantitative estimate of drug-likeness (QED) is 0.744. The fraction of sp³-hybridized carbons (Fsp3) is 0.318. The number of nitrogens with one attached hydrogen (secondary N) is 1. The molecule has 0 aromatic heterocycles. The third-order valence-corrected chi connectivity index (χ3v) is 4.94. The minimum absolute atomic E-state index is 0.247. The zero-order valence-electron chi connectivity index (χ0n) is 15.8. The SMILES string of the molecule is C=CCOc1ccc(C(=O)Nc2ccc3c(c2)OC2(CCCC2)O3)cc1OC. The maximum atomic E-state index is 12.7. The predicted molar refractivity (Wildman–Crippen MR) is 106 cm³/mol. The van der Waals surface area contributed by atoms with Crippen molar-refractivity contribution in [1.29, 1.82) is 0 Å². The summed E-state index contributed by atoms with van der Waals surface area (Å²) in [4.78, 5) is 12.7. The molecule has 0 unspecified atom stereocenters. The number of rotatable bonds is 6. The molecule has 2 aliphatic rings. The van der Waals surface area contributed by atoms with Crippen LogP contribution in [0.3, 0.4) is 0 Å². The van der Waals surface area contributed by atoms with Crippen LogP contribution < -0.4 is 24.3 Å². The van der Waals surface area contributed by atoms with Crippen molar-refractivity contribution in [2.75, 3.05) is 19.0 Å². The molecule has 6 heteroatoms. The van der Waals surface area contributed by atoms with E-state index >= 15 is 0 Å². The third-order valence-electron chi connectivity index (χ3n) is 4.94. The number of fused-ring (bicyclic) bond motifs is 1. The molecule has 0 bridgehead atoms. The van der Waals surface area contributed by atoms with Gasteiger partial charge in [-0.25, -0.2) is 0 Å². The molecule has 2 aromatic carbocycles. The highest BCUT2D eigenvalue weighted by Crippen LogP contribution is 2.47. The molecule has 6 nitrogen and oxygen atoms in total. The summed E-state index contributed by atoms with van der Waals surface area (Å²) in [6.07, 6.45) is 5.64. The van der Waals surface area contributed by atoms with Crippen LogP contribution >= 0.6 is 0 Å². The standard InChI is InChI=1S/C22H23NO5/c1-3-12-26-17-8-6-15(13-19(17)25-2)21(24)23-16-7-9-18-20(14-16)28-22(27-18)10-4-5-11-22/h3,6-9,13-14H,1,4-5,10-12H2,2H3,(H,23,24). The van der Waals surface area contributed by atoms with E-state index in [0.717, 1.165) is 31.4 Å². The minimum Gasteiger partial charge on any atom is -0.493 e. The molecule has 1 saturated carbocycles. The summed E-state index contributed by atoms with van der Waals surface area (Å²) in [5.74, 6) is 1.69. The third kappa shape index (κ3) is 3.50. The largest absolute Gasteiger partial charge is 0.493 e. The summed E-state index contributed by atoms with van der Waals surface area (Å²) >= 11 is 0. The van der Waals surface area contributed by atoms with Crippen LogP contribution in [-0.2, 0) is 0 Å². The van der Waals surface area contributed by atoms with Gasteiger partial charge in [0.2, 0.25) is 0 Å². The van der Waals surface area contributed by atoms with Crippen LogP contribution in [0.1, 0.15) is 36.0 Å². The predicted octanol–water partition coefficient (Wildman–Crippen LogP) is 4.55. The second-order valence-electron chi connectivity index (χ2n) is 6.90. The lowest BCUT2D eigenvalue weighted by molar-refractivity contribution is -0.0716. The van der Waals surface area contributed by atoms with E-state index in [1.807, 2.05) is 12.1 Å². The van der Waals surface area contributed by atoms with Gasteiger partial charge in [-0.3, -0.25) is 4.79 Å². The molecule has 1 heterocycles. The fourth-order valence-corrected chi connectivity index (χ4v) is 3.57. The second-order valence-corrected chi connectivity index (χ2v) is 6.90. The summed E-state index contributed by atoms with van der Waals surface area (Å²) in [6, 6.07) is 10.5. The maximum Gasteiger partial charge on any atom is 0.255 e. The van der Waals surface area contributed by atoms with Gasteiger partial charge in [0, 0.05) is 30.2 Å². The van der Waals surface area contributed by atoms with E-state index in [-0.39, 0.29) is 5.91 Å². The summed E-state index contributed by atoms with van der Waals surface area (Å²) in [5, 5.41) is 2.89. The number of carbonyl (C=O) groups is 1. The van der Waals surface area contributed by atoms with Gasteiger partial charge < -0.3 is 24.3 Å². The Morgan fingerprint density at radius 2 is 1.93 bits per heavy atom. The molecule has 1 spiro atoms. The van der Waals surface area contributed by atoms with Crippen molar-refractivity contribution >= 4 is 11.6 Å². The molecule has 1 N–H and O–H groups in total. The smallest absolute Gasteiger partial charge is 0.255 e. The summed E-state index contributed by atoms with van der Waals surface area (Å²) in [6.45, 7) is 3.98. The lowest BCUT2D eigenvalue weighted by Gasteiger charge is -2.21. The van der Waals surface area contributed by atoms with Crippen molar-refractivity contribution in [2.45, 2.75) is 31.5 Å². The molecule has 0 saturated heterocycles. The Labute approximate surface area is 164 Å². The van der Waals surface area contributed by atoms with E-state index in [4.69, 9.17) is 18.9 Å². The number of anilines is 1. The van der Waals surface area contributed by atoms with E-state index < -0.39 is 5.79 Å². The number of hydrogen-bond acceptors (Lipinski definition) is 5. The maximum absolute atomic E-state index is 12.7. The summed E-state index contributed by atoms with van der Waals surface area (Å²) in [7, 11) is 1.54. The molecule has 1 aliphatic carbocycles. The van der Waals surface area contributed by atoms with Gasteiger partial charge in [0.1, 0.15) is 6.61 Å². The minimum atomic E-state index is -0.514. The molecule has 146 valence electrons. The average Bonchev–Trinajstić information content (AvgIpc) is 3.31. The first-order valence-electron chi connectivity index (χ1n) is 9.38. The highest BCUT2D eigenvalue weighted by atomic mass is 16.7. The van der Waals surface area contributed by atoms with E-state index in [0.29, 0.717) is 35.1 Å². The lowest BCUT2D eigenvalue weighted by atomic mass is 10.1. The summed E-state index contributed by atoms with van der Waals surface area (Å²) < 4.78 is 22.9. The van der Waals surface area contributed by atoms with E-state index in [1.165, 1.54) is 7.11 Å². The van der Waals surface area contributed by atoms with Crippen LogP contribution in [-0.4, -0.2) is 25.4 Å². The number of amides is 1. The van der Waals surface area contributed by atoms with Gasteiger partial charge >= 0.3 is 0 Å². The highest BCUT2D eigenvalue weighted by molar-refractivity contribution is 6.04. The molecular weight excluding hydrogens is 358 g/mol. The van der Waals surface area contributed by atoms with Crippen LogP contribution in [0.2, 0.25) is 0 Å². The highest BCUT2D eigenvalue weighted by Gasteiger charge is 2.44. The van der Waals surface area contributed by atoms with E-state index in [9.17, 15) is 4.79 Å². The Hall–Kier alpha value is -3.15. The molecule has 0 radical (unpaired) electrons. The number of ether oxygens (including phenoxy) is 4. The monoisotopic (exact) mass is 381 g/mol. The van der Waals surface area contributed by atoms with E-state index in [2.05, 4.69) is 11.9 Å². The van der Waals surface area contributed by atoms with Gasteiger partial charge in [0.15, 0.2) is 23.0 Å². The van der Waals surface area contributed by atoms with Gasteiger partial charge in [-0.1, -0.05) is 12.7 Å². The molecule has 1 fully saturated rings. The second kappa shape index (κ2) is 7.46. The Morgan fingerprint density at radius 3 is 2.68 bits per heavy atom. The zero-order chi connectivity index (χ0) is 19.6. The lowest BCUT2D eigenvalue weighted by Crippen LogP contribution is -2.34. The van der Waals surface area contributed by atoms with Crippen molar-refractivity contribution in [3.05, 3.63) is 54.6 Å². The molecule has 1 amide bonds. The number of benzene rings is 2. The van der Waals surface area contributed by atoms with Gasteiger partial charge in [-0.2, -0.15) is 0 Å². The number of carbonyl (C=O) groups excluding carboxylic acids is 1. The van der Waals surface area contributed by atoms with Crippen LogP contribution in [0.4, 0.5) is 5.69 Å². The zero-order valence-corrected chi connectivity index (χ0v) is 15.8. The van der Waals surface area contributed by atoms with E-state index in [1.54, 1.807) is 30.3 Å². The first-order valence-corrected chi connectivity index (χ1v) is 9.38. The summed E-state index contributed by atoms with van der Waals surface area (Å²) in [5.41, 5.74) is 1.11. The van der Waals surface area contributed by atoms with Gasteiger partial charge in [0.05, 0.1) is 7.11 Å².